The molecule has 2 atom stereocenters. The Hall–Kier alpha value is -2.33. The second-order valence-electron chi connectivity index (χ2n) is 5.32. The summed E-state index contributed by atoms with van der Waals surface area (Å²) < 4.78 is 0. The number of carbonyl (C=O) groups is 1. The van der Waals surface area contributed by atoms with Gasteiger partial charge in [-0.05, 0) is 25.1 Å². The molecule has 0 fully saturated rings. The van der Waals surface area contributed by atoms with Crippen LogP contribution in [0.1, 0.15) is 27.6 Å². The third kappa shape index (κ3) is 1.37. The first-order valence-electron chi connectivity index (χ1n) is 6.64. The van der Waals surface area contributed by atoms with Crippen LogP contribution >= 0.6 is 0 Å². The molecule has 2 aromatic carbocycles. The number of carbonyl (C=O) groups excluding carboxylic acids is 1. The molecule has 2 aliphatic heterocycles. The van der Waals surface area contributed by atoms with E-state index in [1.165, 1.54) is 0 Å². The highest BCUT2D eigenvalue weighted by atomic mass is 16.3. The molecule has 2 aromatic rings. The van der Waals surface area contributed by atoms with Crippen LogP contribution in [-0.4, -0.2) is 17.2 Å². The zero-order valence-corrected chi connectivity index (χ0v) is 11.0. The van der Waals surface area contributed by atoms with Gasteiger partial charge in [0.1, 0.15) is 12.3 Å². The zero-order valence-electron chi connectivity index (χ0n) is 11.0. The van der Waals surface area contributed by atoms with Gasteiger partial charge in [-0.15, -0.1) is 0 Å². The molecule has 4 heteroatoms. The maximum atomic E-state index is 12.7. The van der Waals surface area contributed by atoms with Gasteiger partial charge >= 0.3 is 0 Å². The van der Waals surface area contributed by atoms with E-state index >= 15 is 0 Å². The number of anilines is 2. The molecule has 2 N–H and O–H groups in total. The summed E-state index contributed by atoms with van der Waals surface area (Å²) >= 11 is 0. The minimum atomic E-state index is -0.706. The molecular weight excluding hydrogens is 252 g/mol. The molecule has 1 amide bonds. The summed E-state index contributed by atoms with van der Waals surface area (Å²) in [5.41, 5.74) is 4.10. The van der Waals surface area contributed by atoms with E-state index in [0.717, 1.165) is 22.5 Å². The van der Waals surface area contributed by atoms with E-state index < -0.39 is 12.3 Å². The maximum absolute atomic E-state index is 12.7. The fourth-order valence-corrected chi connectivity index (χ4v) is 3.06. The van der Waals surface area contributed by atoms with Crippen molar-refractivity contribution < 1.29 is 9.90 Å². The smallest absolute Gasteiger partial charge is 0.262 e. The Morgan fingerprint density at radius 1 is 1.20 bits per heavy atom. The number of rotatable bonds is 0. The highest BCUT2D eigenvalue weighted by molar-refractivity contribution is 6.13. The summed E-state index contributed by atoms with van der Waals surface area (Å²) in [6, 6.07) is 13.2. The first kappa shape index (κ1) is 11.5. The molecule has 0 bridgehead atoms. The van der Waals surface area contributed by atoms with Crippen molar-refractivity contribution in [1.82, 2.24) is 0 Å². The molecule has 0 unspecified atom stereocenters. The van der Waals surface area contributed by atoms with E-state index in [0.29, 0.717) is 5.56 Å². The number of amides is 1. The number of aryl methyl sites for hydroxylation is 1. The highest BCUT2D eigenvalue weighted by Gasteiger charge is 2.44. The van der Waals surface area contributed by atoms with Crippen LogP contribution in [-0.2, 0) is 0 Å². The fraction of sp³-hybridized carbons (Fsp3) is 0.188. The number of hydrogen-bond donors (Lipinski definition) is 2. The van der Waals surface area contributed by atoms with Gasteiger partial charge < -0.3 is 10.4 Å². The molecule has 0 aliphatic carbocycles. The molecule has 0 aromatic heterocycles. The summed E-state index contributed by atoms with van der Waals surface area (Å²) in [6.07, 6.45) is -1.13. The average Bonchev–Trinajstić information content (AvgIpc) is 2.73. The van der Waals surface area contributed by atoms with Gasteiger partial charge in [-0.25, -0.2) is 0 Å². The number of hydrogen-bond acceptors (Lipinski definition) is 3. The molecule has 2 aliphatic rings. The monoisotopic (exact) mass is 266 g/mol. The van der Waals surface area contributed by atoms with Crippen molar-refractivity contribution in [2.45, 2.75) is 19.2 Å². The largest absolute Gasteiger partial charge is 0.384 e. The van der Waals surface area contributed by atoms with Crippen molar-refractivity contribution in [2.24, 2.45) is 0 Å². The van der Waals surface area contributed by atoms with Crippen molar-refractivity contribution in [3.63, 3.8) is 0 Å². The summed E-state index contributed by atoms with van der Waals surface area (Å²) in [6.45, 7) is 1.98. The van der Waals surface area contributed by atoms with Gasteiger partial charge in [0.15, 0.2) is 0 Å². The predicted molar refractivity (Wildman–Crippen MR) is 76.8 cm³/mol. The Morgan fingerprint density at radius 2 is 2.00 bits per heavy atom. The summed E-state index contributed by atoms with van der Waals surface area (Å²) in [4.78, 5) is 14.3. The third-order valence-corrected chi connectivity index (χ3v) is 4.02. The Balaban J connectivity index is 1.90. The van der Waals surface area contributed by atoms with Gasteiger partial charge in [0.2, 0.25) is 0 Å². The molecular formula is C16H14N2O2. The molecule has 2 heterocycles. The Labute approximate surface area is 116 Å². The number of nitrogens with one attached hydrogen (secondary N) is 1. The van der Waals surface area contributed by atoms with Crippen molar-refractivity contribution in [1.29, 1.82) is 0 Å². The lowest BCUT2D eigenvalue weighted by molar-refractivity contribution is 0.0941. The van der Waals surface area contributed by atoms with Crippen LogP contribution < -0.4 is 10.2 Å². The number of aliphatic hydroxyl groups excluding tert-OH is 1. The van der Waals surface area contributed by atoms with Crippen LogP contribution in [0.2, 0.25) is 0 Å². The van der Waals surface area contributed by atoms with Gasteiger partial charge in [-0.3, -0.25) is 9.69 Å². The zero-order chi connectivity index (χ0) is 13.9. The van der Waals surface area contributed by atoms with E-state index in [9.17, 15) is 9.90 Å². The Bertz CT molecular complexity index is 726. The summed E-state index contributed by atoms with van der Waals surface area (Å²) in [5.74, 6) is -0.0639. The van der Waals surface area contributed by atoms with Crippen molar-refractivity contribution in [3.8, 4) is 0 Å². The molecule has 0 saturated carbocycles. The lowest BCUT2D eigenvalue weighted by Gasteiger charge is -2.34. The van der Waals surface area contributed by atoms with Gasteiger partial charge in [0, 0.05) is 11.3 Å². The molecule has 0 saturated heterocycles. The fourth-order valence-electron chi connectivity index (χ4n) is 3.06. The van der Waals surface area contributed by atoms with Crippen molar-refractivity contribution in [3.05, 3.63) is 59.2 Å². The quantitative estimate of drug-likeness (QED) is 0.770. The second kappa shape index (κ2) is 3.84. The maximum Gasteiger partial charge on any atom is 0.262 e. The molecule has 4 nitrogen and oxygen atoms in total. The van der Waals surface area contributed by atoms with Gasteiger partial charge in [0.25, 0.3) is 5.91 Å². The second-order valence-corrected chi connectivity index (χ2v) is 5.32. The van der Waals surface area contributed by atoms with Crippen LogP contribution in [0.5, 0.6) is 0 Å². The minimum absolute atomic E-state index is 0.0639. The highest BCUT2D eigenvalue weighted by Crippen LogP contribution is 2.43. The standard InChI is InChI=1S/C16H14N2O2/c1-9-6-7-13-11(8-9)14(19)15-17-12-5-3-2-4-10(12)16(20)18(13)15/h2-8,14-15,17,19H,1H3/t14-,15-/m1/s1. The first-order chi connectivity index (χ1) is 9.66. The number of para-hydroxylation sites is 1. The molecule has 20 heavy (non-hydrogen) atoms. The van der Waals surface area contributed by atoms with Gasteiger partial charge in [-0.1, -0.05) is 29.8 Å². The third-order valence-electron chi connectivity index (χ3n) is 4.02. The first-order valence-corrected chi connectivity index (χ1v) is 6.64. The van der Waals surface area contributed by atoms with Crippen LogP contribution in [0.4, 0.5) is 11.4 Å². The Morgan fingerprint density at radius 3 is 2.85 bits per heavy atom. The molecule has 0 radical (unpaired) electrons. The van der Waals surface area contributed by atoms with E-state index in [4.69, 9.17) is 0 Å². The number of nitrogens with zero attached hydrogens (tertiary/aromatic N) is 1. The lowest BCUT2D eigenvalue weighted by atomic mass is 10.1. The lowest BCUT2D eigenvalue weighted by Crippen LogP contribution is -2.48. The average molecular weight is 266 g/mol. The van der Waals surface area contributed by atoms with Crippen LogP contribution in [0.3, 0.4) is 0 Å². The Kier molecular flexibility index (Phi) is 2.20. The minimum Gasteiger partial charge on any atom is -0.384 e. The topological polar surface area (TPSA) is 52.6 Å². The van der Waals surface area contributed by atoms with E-state index in [1.54, 1.807) is 11.0 Å². The van der Waals surface area contributed by atoms with Crippen LogP contribution in [0, 0.1) is 6.92 Å². The summed E-state index contributed by atoms with van der Waals surface area (Å²) in [7, 11) is 0. The van der Waals surface area contributed by atoms with E-state index in [-0.39, 0.29) is 5.91 Å². The van der Waals surface area contributed by atoms with Crippen LogP contribution in [0.15, 0.2) is 42.5 Å². The number of fused-ring (bicyclic) bond motifs is 4. The molecule has 4 rings (SSSR count). The van der Waals surface area contributed by atoms with E-state index in [1.807, 2.05) is 43.3 Å². The van der Waals surface area contributed by atoms with Crippen molar-refractivity contribution >= 4 is 17.3 Å². The summed E-state index contributed by atoms with van der Waals surface area (Å²) in [5, 5.41) is 13.7. The SMILES string of the molecule is Cc1ccc2c(c1)[C@@H](O)[C@@H]1Nc3ccccc3C(=O)N21. The number of aliphatic hydroxyl groups is 1. The molecule has 100 valence electrons. The van der Waals surface area contributed by atoms with E-state index in [2.05, 4.69) is 5.32 Å². The number of benzene rings is 2. The molecule has 0 spiro atoms. The van der Waals surface area contributed by atoms with Crippen LogP contribution in [0.25, 0.3) is 0 Å². The normalized spacial score (nSPS) is 22.9. The van der Waals surface area contributed by atoms with Crippen molar-refractivity contribution in [2.75, 3.05) is 10.2 Å². The van der Waals surface area contributed by atoms with Gasteiger partial charge in [0.05, 0.1) is 11.3 Å². The predicted octanol–water partition coefficient (Wildman–Crippen LogP) is 2.44. The van der Waals surface area contributed by atoms with Gasteiger partial charge in [-0.2, -0.15) is 0 Å².